The SMILES string of the molecule is COC(C)(C)CCOc1ncccc1CNCC(C)C. The van der Waals surface area contributed by atoms with Crippen LogP contribution in [-0.4, -0.2) is 30.8 Å². The molecule has 0 aliphatic heterocycles. The van der Waals surface area contributed by atoms with Crippen molar-refractivity contribution in [3.63, 3.8) is 0 Å². The fourth-order valence-electron chi connectivity index (χ4n) is 1.68. The third-order valence-electron chi connectivity index (χ3n) is 3.21. The fourth-order valence-corrected chi connectivity index (χ4v) is 1.68. The van der Waals surface area contributed by atoms with Gasteiger partial charge in [-0.3, -0.25) is 0 Å². The summed E-state index contributed by atoms with van der Waals surface area (Å²) in [6.07, 6.45) is 2.60. The summed E-state index contributed by atoms with van der Waals surface area (Å²) in [7, 11) is 1.72. The molecule has 4 nitrogen and oxygen atoms in total. The van der Waals surface area contributed by atoms with Gasteiger partial charge in [-0.15, -0.1) is 0 Å². The average Bonchev–Trinajstić information content (AvgIpc) is 2.40. The Bertz CT molecular complexity index is 392. The highest BCUT2D eigenvalue weighted by molar-refractivity contribution is 5.25. The minimum atomic E-state index is -0.162. The van der Waals surface area contributed by atoms with E-state index >= 15 is 0 Å². The Balaban J connectivity index is 2.48. The Labute approximate surface area is 122 Å². The lowest BCUT2D eigenvalue weighted by Gasteiger charge is -2.22. The second-order valence-electron chi connectivity index (χ2n) is 6.05. The van der Waals surface area contributed by atoms with Crippen LogP contribution in [0.5, 0.6) is 5.88 Å². The van der Waals surface area contributed by atoms with Crippen LogP contribution >= 0.6 is 0 Å². The third kappa shape index (κ3) is 6.35. The summed E-state index contributed by atoms with van der Waals surface area (Å²) < 4.78 is 11.2. The largest absolute Gasteiger partial charge is 0.477 e. The minimum Gasteiger partial charge on any atom is -0.477 e. The molecule has 0 bridgehead atoms. The predicted octanol–water partition coefficient (Wildman–Crippen LogP) is 3.02. The summed E-state index contributed by atoms with van der Waals surface area (Å²) in [5.41, 5.74) is 0.938. The summed E-state index contributed by atoms with van der Waals surface area (Å²) >= 11 is 0. The summed E-state index contributed by atoms with van der Waals surface area (Å²) in [4.78, 5) is 4.32. The van der Waals surface area contributed by atoms with Gasteiger partial charge in [-0.25, -0.2) is 4.98 Å². The normalized spacial score (nSPS) is 11.9. The van der Waals surface area contributed by atoms with Crippen LogP contribution in [-0.2, 0) is 11.3 Å². The Hall–Kier alpha value is -1.13. The van der Waals surface area contributed by atoms with E-state index < -0.39 is 0 Å². The van der Waals surface area contributed by atoms with Crippen molar-refractivity contribution in [1.29, 1.82) is 0 Å². The number of ether oxygens (including phenoxy) is 2. The van der Waals surface area contributed by atoms with E-state index in [1.165, 1.54) is 0 Å². The van der Waals surface area contributed by atoms with Gasteiger partial charge in [-0.2, -0.15) is 0 Å². The van der Waals surface area contributed by atoms with Crippen molar-refractivity contribution >= 4 is 0 Å². The summed E-state index contributed by atoms with van der Waals surface area (Å²) in [6.45, 7) is 10.9. The molecule has 0 aliphatic carbocycles. The van der Waals surface area contributed by atoms with Gasteiger partial charge in [-0.1, -0.05) is 19.9 Å². The number of hydrogen-bond acceptors (Lipinski definition) is 4. The molecule has 1 rings (SSSR count). The molecule has 0 aromatic carbocycles. The molecule has 0 atom stereocenters. The lowest BCUT2D eigenvalue weighted by molar-refractivity contribution is 0.00499. The molecule has 0 radical (unpaired) electrons. The van der Waals surface area contributed by atoms with Crippen LogP contribution in [0.1, 0.15) is 39.7 Å². The van der Waals surface area contributed by atoms with Gasteiger partial charge in [0.2, 0.25) is 5.88 Å². The van der Waals surface area contributed by atoms with Crippen LogP contribution in [0.15, 0.2) is 18.3 Å². The molecule has 0 saturated carbocycles. The van der Waals surface area contributed by atoms with E-state index in [1.807, 2.05) is 6.07 Å². The van der Waals surface area contributed by atoms with Crippen LogP contribution in [0, 0.1) is 5.92 Å². The average molecular weight is 280 g/mol. The highest BCUT2D eigenvalue weighted by atomic mass is 16.5. The Kier molecular flexibility index (Phi) is 6.96. The first-order valence-corrected chi connectivity index (χ1v) is 7.27. The smallest absolute Gasteiger partial charge is 0.217 e. The number of hydrogen-bond donors (Lipinski definition) is 1. The third-order valence-corrected chi connectivity index (χ3v) is 3.21. The molecule has 0 spiro atoms. The van der Waals surface area contributed by atoms with Gasteiger partial charge in [0.05, 0.1) is 12.2 Å². The highest BCUT2D eigenvalue weighted by Gasteiger charge is 2.16. The van der Waals surface area contributed by atoms with Crippen LogP contribution < -0.4 is 10.1 Å². The molecular weight excluding hydrogens is 252 g/mol. The van der Waals surface area contributed by atoms with Crippen molar-refractivity contribution < 1.29 is 9.47 Å². The van der Waals surface area contributed by atoms with Crippen molar-refractivity contribution in [3.05, 3.63) is 23.9 Å². The quantitative estimate of drug-likeness (QED) is 0.755. The van der Waals surface area contributed by atoms with Crippen molar-refractivity contribution in [2.45, 2.75) is 46.3 Å². The van der Waals surface area contributed by atoms with Crippen molar-refractivity contribution in [2.24, 2.45) is 5.92 Å². The zero-order valence-corrected chi connectivity index (χ0v) is 13.4. The fraction of sp³-hybridized carbons (Fsp3) is 0.688. The van der Waals surface area contributed by atoms with Crippen LogP contribution in [0.25, 0.3) is 0 Å². The Morgan fingerprint density at radius 3 is 2.75 bits per heavy atom. The molecule has 20 heavy (non-hydrogen) atoms. The van der Waals surface area contributed by atoms with E-state index in [4.69, 9.17) is 9.47 Å². The first kappa shape index (κ1) is 16.9. The highest BCUT2D eigenvalue weighted by Crippen LogP contribution is 2.17. The van der Waals surface area contributed by atoms with E-state index in [1.54, 1.807) is 13.3 Å². The van der Waals surface area contributed by atoms with E-state index in [9.17, 15) is 0 Å². The van der Waals surface area contributed by atoms with Gasteiger partial charge in [-0.05, 0) is 32.4 Å². The number of pyridine rings is 1. The van der Waals surface area contributed by atoms with Gasteiger partial charge >= 0.3 is 0 Å². The minimum absolute atomic E-state index is 0.162. The van der Waals surface area contributed by atoms with Crippen molar-refractivity contribution in [2.75, 3.05) is 20.3 Å². The second kappa shape index (κ2) is 8.22. The predicted molar refractivity (Wildman–Crippen MR) is 82.0 cm³/mol. The number of nitrogens with one attached hydrogen (secondary N) is 1. The van der Waals surface area contributed by atoms with Gasteiger partial charge < -0.3 is 14.8 Å². The Morgan fingerprint density at radius 1 is 1.35 bits per heavy atom. The van der Waals surface area contributed by atoms with E-state index in [0.717, 1.165) is 31.0 Å². The maximum absolute atomic E-state index is 5.80. The number of methoxy groups -OCH3 is 1. The molecule has 1 N–H and O–H groups in total. The summed E-state index contributed by atoms with van der Waals surface area (Å²) in [6, 6.07) is 4.00. The topological polar surface area (TPSA) is 43.4 Å². The van der Waals surface area contributed by atoms with Gasteiger partial charge in [0.15, 0.2) is 0 Å². The molecule has 1 aromatic heterocycles. The lowest BCUT2D eigenvalue weighted by Crippen LogP contribution is -2.25. The molecule has 4 heteroatoms. The molecule has 0 saturated heterocycles. The van der Waals surface area contributed by atoms with E-state index in [2.05, 4.69) is 44.1 Å². The van der Waals surface area contributed by atoms with Crippen LogP contribution in [0.2, 0.25) is 0 Å². The number of aromatic nitrogens is 1. The van der Waals surface area contributed by atoms with Crippen LogP contribution in [0.4, 0.5) is 0 Å². The standard InChI is InChI=1S/C16H28N2O2/c1-13(2)11-17-12-14-7-6-9-18-15(14)20-10-8-16(3,4)19-5/h6-7,9,13,17H,8,10-12H2,1-5H3. The molecule has 0 aliphatic rings. The van der Waals surface area contributed by atoms with E-state index in [0.29, 0.717) is 12.5 Å². The molecule has 114 valence electrons. The first-order chi connectivity index (χ1) is 9.44. The number of rotatable bonds is 9. The molecule has 1 aromatic rings. The molecule has 0 amide bonds. The molecule has 0 fully saturated rings. The van der Waals surface area contributed by atoms with Gasteiger partial charge in [0, 0.05) is 31.8 Å². The van der Waals surface area contributed by atoms with Crippen molar-refractivity contribution in [3.8, 4) is 5.88 Å². The van der Waals surface area contributed by atoms with Crippen molar-refractivity contribution in [1.82, 2.24) is 10.3 Å². The molecule has 0 unspecified atom stereocenters. The first-order valence-electron chi connectivity index (χ1n) is 7.27. The maximum atomic E-state index is 5.80. The zero-order valence-electron chi connectivity index (χ0n) is 13.4. The van der Waals surface area contributed by atoms with Gasteiger partial charge in [0.1, 0.15) is 0 Å². The molecule has 1 heterocycles. The maximum Gasteiger partial charge on any atom is 0.217 e. The monoisotopic (exact) mass is 280 g/mol. The lowest BCUT2D eigenvalue weighted by atomic mass is 10.1. The zero-order chi connectivity index (χ0) is 15.0. The summed E-state index contributed by atoms with van der Waals surface area (Å²) in [5, 5.41) is 3.41. The van der Waals surface area contributed by atoms with Crippen LogP contribution in [0.3, 0.4) is 0 Å². The molecular formula is C16H28N2O2. The van der Waals surface area contributed by atoms with Gasteiger partial charge in [0.25, 0.3) is 0 Å². The second-order valence-corrected chi connectivity index (χ2v) is 6.05. The Morgan fingerprint density at radius 2 is 2.10 bits per heavy atom. The summed E-state index contributed by atoms with van der Waals surface area (Å²) in [5.74, 6) is 1.36. The number of nitrogens with zero attached hydrogens (tertiary/aromatic N) is 1. The van der Waals surface area contributed by atoms with E-state index in [-0.39, 0.29) is 5.60 Å².